The van der Waals surface area contributed by atoms with Crippen molar-refractivity contribution in [3.05, 3.63) is 133 Å². The molecule has 0 aliphatic rings. The maximum atomic E-state index is 9.03. The van der Waals surface area contributed by atoms with Crippen LogP contribution in [0.2, 0.25) is 0 Å². The van der Waals surface area contributed by atoms with Gasteiger partial charge in [0, 0.05) is 16.9 Å². The van der Waals surface area contributed by atoms with E-state index >= 15 is 0 Å². The normalized spacial score (nSPS) is 10.9. The van der Waals surface area contributed by atoms with Crippen LogP contribution >= 0.6 is 0 Å². The van der Waals surface area contributed by atoms with E-state index in [4.69, 9.17) is 9.68 Å². The summed E-state index contributed by atoms with van der Waals surface area (Å²) < 4.78 is 5.16. The first-order chi connectivity index (χ1) is 17.8. The Kier molecular flexibility index (Phi) is 5.86. The highest BCUT2D eigenvalue weighted by Crippen LogP contribution is 2.42. The zero-order valence-corrected chi connectivity index (χ0v) is 19.6. The highest BCUT2D eigenvalue weighted by atomic mass is 16.5. The fourth-order valence-electron chi connectivity index (χ4n) is 4.83. The number of hydrogen-bond acceptors (Lipinski definition) is 3. The van der Waals surface area contributed by atoms with Crippen molar-refractivity contribution < 1.29 is 9.68 Å². The fourth-order valence-corrected chi connectivity index (χ4v) is 4.83. The molecule has 0 heterocycles. The zero-order valence-electron chi connectivity index (χ0n) is 19.6. The van der Waals surface area contributed by atoms with Crippen LogP contribution in [-0.4, -0.2) is 12.7 Å². The first-order valence-corrected chi connectivity index (χ1v) is 11.9. The van der Waals surface area contributed by atoms with Gasteiger partial charge in [-0.05, 0) is 69.6 Å². The molecule has 171 valence electrons. The Morgan fingerprint density at radius 2 is 1.22 bits per heavy atom. The van der Waals surface area contributed by atoms with Crippen molar-refractivity contribution in [2.45, 2.75) is 0 Å². The SMILES string of the molecule is O[B]Oc1ccc(N(c2ccc3c(ccc4ccccc43)c2)c2ccccc2-c2ccccc2)cc1. The molecule has 0 aromatic heterocycles. The van der Waals surface area contributed by atoms with Gasteiger partial charge in [0.05, 0.1) is 5.69 Å². The lowest BCUT2D eigenvalue weighted by Crippen LogP contribution is -2.11. The summed E-state index contributed by atoms with van der Waals surface area (Å²) in [7, 11) is 0.700. The van der Waals surface area contributed by atoms with Gasteiger partial charge < -0.3 is 14.6 Å². The molecule has 6 rings (SSSR count). The second-order valence-corrected chi connectivity index (χ2v) is 8.63. The van der Waals surface area contributed by atoms with Crippen LogP contribution in [0.4, 0.5) is 17.1 Å². The average Bonchev–Trinajstić information content (AvgIpc) is 2.95. The molecule has 0 unspecified atom stereocenters. The van der Waals surface area contributed by atoms with Crippen LogP contribution in [-0.2, 0) is 0 Å². The maximum absolute atomic E-state index is 9.03. The lowest BCUT2D eigenvalue weighted by atomic mass is 9.99. The van der Waals surface area contributed by atoms with E-state index in [0.717, 1.165) is 28.2 Å². The van der Waals surface area contributed by atoms with Crippen molar-refractivity contribution in [2.75, 3.05) is 4.90 Å². The molecule has 1 N–H and O–H groups in total. The van der Waals surface area contributed by atoms with E-state index in [2.05, 4.69) is 108 Å². The van der Waals surface area contributed by atoms with E-state index in [1.54, 1.807) is 0 Å². The van der Waals surface area contributed by atoms with E-state index in [-0.39, 0.29) is 0 Å². The Labute approximate surface area is 211 Å². The van der Waals surface area contributed by atoms with Gasteiger partial charge in [0.2, 0.25) is 0 Å². The second kappa shape index (κ2) is 9.61. The van der Waals surface area contributed by atoms with Gasteiger partial charge >= 0.3 is 7.69 Å². The number of anilines is 3. The number of fused-ring (bicyclic) bond motifs is 3. The van der Waals surface area contributed by atoms with Gasteiger partial charge in [-0.25, -0.2) is 0 Å². The Balaban J connectivity index is 1.56. The maximum Gasteiger partial charge on any atom is 0.569 e. The average molecular weight is 464 g/mol. The predicted molar refractivity (Wildman–Crippen MR) is 150 cm³/mol. The Bertz CT molecular complexity index is 1650. The summed E-state index contributed by atoms with van der Waals surface area (Å²) in [6, 6.07) is 46.1. The van der Waals surface area contributed by atoms with Gasteiger partial charge in [0.1, 0.15) is 5.75 Å². The summed E-state index contributed by atoms with van der Waals surface area (Å²) in [5, 5.41) is 13.9. The Morgan fingerprint density at radius 1 is 0.556 bits per heavy atom. The molecule has 36 heavy (non-hydrogen) atoms. The monoisotopic (exact) mass is 464 g/mol. The molecule has 0 aliphatic heterocycles. The van der Waals surface area contributed by atoms with Crippen molar-refractivity contribution in [3.63, 3.8) is 0 Å². The van der Waals surface area contributed by atoms with Crippen LogP contribution in [0.1, 0.15) is 0 Å². The van der Waals surface area contributed by atoms with Gasteiger partial charge in [-0.2, -0.15) is 0 Å². The first-order valence-electron chi connectivity index (χ1n) is 11.9. The molecule has 6 aromatic carbocycles. The lowest BCUT2D eigenvalue weighted by molar-refractivity contribution is 0.454. The minimum Gasteiger partial charge on any atom is -0.537 e. The molecule has 0 atom stereocenters. The van der Waals surface area contributed by atoms with Crippen LogP contribution in [0.5, 0.6) is 5.75 Å². The molecular weight excluding hydrogens is 441 g/mol. The fraction of sp³-hybridized carbons (Fsp3) is 0. The smallest absolute Gasteiger partial charge is 0.537 e. The van der Waals surface area contributed by atoms with Crippen LogP contribution < -0.4 is 9.55 Å². The molecule has 0 bridgehead atoms. The zero-order chi connectivity index (χ0) is 24.3. The summed E-state index contributed by atoms with van der Waals surface area (Å²) >= 11 is 0. The van der Waals surface area contributed by atoms with Gasteiger partial charge in [-0.3, -0.25) is 0 Å². The Morgan fingerprint density at radius 3 is 2.06 bits per heavy atom. The molecule has 0 amide bonds. The van der Waals surface area contributed by atoms with Crippen molar-refractivity contribution in [3.8, 4) is 16.9 Å². The number of para-hydroxylation sites is 1. The highest BCUT2D eigenvalue weighted by Gasteiger charge is 2.17. The molecule has 1 radical (unpaired) electrons. The summed E-state index contributed by atoms with van der Waals surface area (Å²) in [5.41, 5.74) is 5.42. The molecular formula is C32H23BNO2. The molecule has 4 heteroatoms. The van der Waals surface area contributed by atoms with Crippen molar-refractivity contribution in [2.24, 2.45) is 0 Å². The summed E-state index contributed by atoms with van der Waals surface area (Å²) in [6.07, 6.45) is 0. The van der Waals surface area contributed by atoms with E-state index in [9.17, 15) is 0 Å². The third-order valence-corrected chi connectivity index (χ3v) is 6.50. The minimum absolute atomic E-state index is 0.572. The molecule has 0 fully saturated rings. The van der Waals surface area contributed by atoms with E-state index in [0.29, 0.717) is 13.4 Å². The molecule has 0 spiro atoms. The van der Waals surface area contributed by atoms with Crippen molar-refractivity contribution >= 4 is 46.3 Å². The van der Waals surface area contributed by atoms with Crippen LogP contribution in [0, 0.1) is 0 Å². The van der Waals surface area contributed by atoms with Crippen LogP contribution in [0.25, 0.3) is 32.7 Å². The lowest BCUT2D eigenvalue weighted by Gasteiger charge is -2.28. The van der Waals surface area contributed by atoms with Crippen LogP contribution in [0.3, 0.4) is 0 Å². The number of nitrogens with zero attached hydrogens (tertiary/aromatic N) is 1. The quantitative estimate of drug-likeness (QED) is 0.200. The number of rotatable bonds is 6. The highest BCUT2D eigenvalue weighted by molar-refractivity contribution is 6.17. The van der Waals surface area contributed by atoms with Crippen molar-refractivity contribution in [1.29, 1.82) is 0 Å². The standard InChI is InChI=1S/C32H23BNO2/c35-33-36-28-19-16-26(17-20-28)34(32-13-7-6-12-31(32)23-8-2-1-3-9-23)27-18-21-30-25(22-27)15-14-24-10-4-5-11-29(24)30/h1-22,35H. The predicted octanol–water partition coefficient (Wildman–Crippen LogP) is 8.04. The van der Waals surface area contributed by atoms with E-state index in [1.165, 1.54) is 21.5 Å². The topological polar surface area (TPSA) is 32.7 Å². The van der Waals surface area contributed by atoms with Crippen molar-refractivity contribution in [1.82, 2.24) is 0 Å². The summed E-state index contributed by atoms with van der Waals surface area (Å²) in [5.74, 6) is 0.572. The van der Waals surface area contributed by atoms with Gasteiger partial charge in [0.25, 0.3) is 0 Å². The van der Waals surface area contributed by atoms with Gasteiger partial charge in [0.15, 0.2) is 0 Å². The van der Waals surface area contributed by atoms with Crippen LogP contribution in [0.15, 0.2) is 133 Å². The molecule has 0 aliphatic carbocycles. The van der Waals surface area contributed by atoms with E-state index in [1.807, 2.05) is 30.3 Å². The largest absolute Gasteiger partial charge is 0.569 e. The summed E-state index contributed by atoms with van der Waals surface area (Å²) in [4.78, 5) is 2.27. The third-order valence-electron chi connectivity index (χ3n) is 6.50. The molecule has 0 saturated carbocycles. The minimum atomic E-state index is 0.572. The molecule has 6 aromatic rings. The first kappa shape index (κ1) is 22.0. The number of benzene rings is 6. The molecule has 0 saturated heterocycles. The van der Waals surface area contributed by atoms with Gasteiger partial charge in [-0.1, -0.05) is 91.0 Å². The summed E-state index contributed by atoms with van der Waals surface area (Å²) in [6.45, 7) is 0. The van der Waals surface area contributed by atoms with E-state index < -0.39 is 0 Å². The second-order valence-electron chi connectivity index (χ2n) is 8.63. The Hall–Kier alpha value is -4.54. The van der Waals surface area contributed by atoms with Gasteiger partial charge in [-0.15, -0.1) is 0 Å². The third kappa shape index (κ3) is 4.08. The number of hydrogen-bond donors (Lipinski definition) is 1. The molecule has 3 nitrogen and oxygen atoms in total.